The summed E-state index contributed by atoms with van der Waals surface area (Å²) in [6.07, 6.45) is 5.78. The number of nitrogens with zero attached hydrogens (tertiary/aromatic N) is 1. The number of carboxylic acids is 1. The number of hydrogen-bond donors (Lipinski definition) is 2. The van der Waals surface area contributed by atoms with Crippen LogP contribution < -0.4 is 5.32 Å². The monoisotopic (exact) mass is 240 g/mol. The third kappa shape index (κ3) is 4.89. The molecule has 0 spiro atoms. The molecule has 0 aliphatic carbocycles. The van der Waals surface area contributed by atoms with E-state index in [1.165, 1.54) is 0 Å². The van der Waals surface area contributed by atoms with Crippen LogP contribution in [0.2, 0.25) is 0 Å². The maximum Gasteiger partial charge on any atom is 0.317 e. The summed E-state index contributed by atoms with van der Waals surface area (Å²) in [6.45, 7) is 3.74. The summed E-state index contributed by atoms with van der Waals surface area (Å²) in [6, 6.07) is -0.0989. The molecule has 1 rings (SSSR count). The topological polar surface area (TPSA) is 69.6 Å². The van der Waals surface area contributed by atoms with E-state index in [0.717, 1.165) is 19.4 Å². The van der Waals surface area contributed by atoms with Crippen LogP contribution in [0.15, 0.2) is 12.2 Å². The van der Waals surface area contributed by atoms with E-state index in [0.29, 0.717) is 13.1 Å². The third-order valence-electron chi connectivity index (χ3n) is 2.93. The van der Waals surface area contributed by atoms with Gasteiger partial charge in [0, 0.05) is 26.1 Å². The highest BCUT2D eigenvalue weighted by Gasteiger charge is 2.16. The van der Waals surface area contributed by atoms with E-state index in [1.54, 1.807) is 4.90 Å². The highest BCUT2D eigenvalue weighted by atomic mass is 16.4. The Hall–Kier alpha value is -1.52. The molecule has 0 aromatic heterocycles. The van der Waals surface area contributed by atoms with Crippen LogP contribution in [0, 0.1) is 5.92 Å². The number of carbonyl (C=O) groups excluding carboxylic acids is 1. The Morgan fingerprint density at radius 3 is 2.76 bits per heavy atom. The van der Waals surface area contributed by atoms with Crippen molar-refractivity contribution in [2.75, 3.05) is 19.6 Å². The fourth-order valence-corrected chi connectivity index (χ4v) is 1.78. The van der Waals surface area contributed by atoms with Gasteiger partial charge in [-0.3, -0.25) is 4.79 Å². The van der Waals surface area contributed by atoms with Crippen molar-refractivity contribution in [2.45, 2.75) is 26.2 Å². The minimum absolute atomic E-state index is 0.0109. The predicted molar refractivity (Wildman–Crippen MR) is 64.8 cm³/mol. The minimum atomic E-state index is -0.813. The number of urea groups is 1. The number of nitrogens with one attached hydrogen (secondary N) is 1. The van der Waals surface area contributed by atoms with Crippen LogP contribution in [0.25, 0.3) is 0 Å². The van der Waals surface area contributed by atoms with Gasteiger partial charge in [0.15, 0.2) is 0 Å². The first-order valence-electron chi connectivity index (χ1n) is 6.03. The van der Waals surface area contributed by atoms with Crippen molar-refractivity contribution in [3.63, 3.8) is 0 Å². The smallest absolute Gasteiger partial charge is 0.317 e. The van der Waals surface area contributed by atoms with Crippen LogP contribution in [0.4, 0.5) is 4.79 Å². The number of carbonyl (C=O) groups is 2. The largest absolute Gasteiger partial charge is 0.481 e. The van der Waals surface area contributed by atoms with Gasteiger partial charge in [-0.05, 0) is 12.3 Å². The second kappa shape index (κ2) is 6.93. The van der Waals surface area contributed by atoms with E-state index >= 15 is 0 Å². The van der Waals surface area contributed by atoms with Crippen molar-refractivity contribution in [3.05, 3.63) is 12.2 Å². The van der Waals surface area contributed by atoms with Crippen LogP contribution in [0.1, 0.15) is 26.2 Å². The van der Waals surface area contributed by atoms with Crippen molar-refractivity contribution in [3.8, 4) is 0 Å². The Kier molecular flexibility index (Phi) is 5.52. The van der Waals surface area contributed by atoms with E-state index in [2.05, 4.69) is 11.4 Å². The first kappa shape index (κ1) is 13.5. The van der Waals surface area contributed by atoms with E-state index in [-0.39, 0.29) is 18.4 Å². The van der Waals surface area contributed by atoms with Gasteiger partial charge in [-0.2, -0.15) is 0 Å². The molecule has 96 valence electrons. The first-order chi connectivity index (χ1) is 8.13. The molecule has 1 unspecified atom stereocenters. The molecule has 1 heterocycles. The highest BCUT2D eigenvalue weighted by molar-refractivity contribution is 5.74. The number of rotatable bonds is 5. The lowest BCUT2D eigenvalue weighted by molar-refractivity contribution is -0.138. The number of hydrogen-bond acceptors (Lipinski definition) is 2. The minimum Gasteiger partial charge on any atom is -0.481 e. The molecule has 5 heteroatoms. The molecule has 5 nitrogen and oxygen atoms in total. The van der Waals surface area contributed by atoms with E-state index in [4.69, 9.17) is 5.11 Å². The summed E-state index contributed by atoms with van der Waals surface area (Å²) >= 11 is 0. The van der Waals surface area contributed by atoms with Gasteiger partial charge in [0.2, 0.25) is 0 Å². The lowest BCUT2D eigenvalue weighted by atomic mass is 10.0. The molecule has 0 bridgehead atoms. The molecule has 17 heavy (non-hydrogen) atoms. The highest BCUT2D eigenvalue weighted by Crippen LogP contribution is 2.07. The lowest BCUT2D eigenvalue weighted by Gasteiger charge is -2.24. The Bertz CT molecular complexity index is 302. The number of amides is 2. The maximum atomic E-state index is 11.7. The van der Waals surface area contributed by atoms with Crippen LogP contribution in [0.5, 0.6) is 0 Å². The number of carboxylic acid groups (broad SMARTS) is 1. The van der Waals surface area contributed by atoms with Crippen LogP contribution >= 0.6 is 0 Å². The average Bonchev–Trinajstić information content (AvgIpc) is 2.34. The molecule has 0 aromatic rings. The Morgan fingerprint density at radius 1 is 1.47 bits per heavy atom. The van der Waals surface area contributed by atoms with Crippen LogP contribution in [-0.4, -0.2) is 41.6 Å². The summed E-state index contributed by atoms with van der Waals surface area (Å²) in [4.78, 5) is 24.1. The summed E-state index contributed by atoms with van der Waals surface area (Å²) in [5.74, 6) is -0.802. The van der Waals surface area contributed by atoms with Crippen molar-refractivity contribution < 1.29 is 14.7 Å². The molecule has 1 aliphatic rings. The zero-order valence-electron chi connectivity index (χ0n) is 10.2. The molecule has 2 N–H and O–H groups in total. The Balaban J connectivity index is 2.30. The normalized spacial score (nSPS) is 16.6. The summed E-state index contributed by atoms with van der Waals surface area (Å²) in [5, 5.41) is 11.5. The zero-order valence-corrected chi connectivity index (χ0v) is 10.2. The Morgan fingerprint density at radius 2 is 2.24 bits per heavy atom. The fraction of sp³-hybridized carbons (Fsp3) is 0.667. The SMILES string of the molecule is CCC(CNC(=O)N1CC=CCC1)CC(=O)O. The lowest BCUT2D eigenvalue weighted by Crippen LogP contribution is -2.43. The van der Waals surface area contributed by atoms with Gasteiger partial charge in [-0.15, -0.1) is 0 Å². The molecule has 2 amide bonds. The van der Waals surface area contributed by atoms with Crippen LogP contribution in [-0.2, 0) is 4.79 Å². The predicted octanol–water partition coefficient (Wildman–Crippen LogP) is 1.46. The van der Waals surface area contributed by atoms with Crippen molar-refractivity contribution >= 4 is 12.0 Å². The summed E-state index contributed by atoms with van der Waals surface area (Å²) in [7, 11) is 0. The third-order valence-corrected chi connectivity index (χ3v) is 2.93. The zero-order chi connectivity index (χ0) is 12.7. The quantitative estimate of drug-likeness (QED) is 0.715. The molecule has 0 radical (unpaired) electrons. The molecule has 0 saturated carbocycles. The molecular weight excluding hydrogens is 220 g/mol. The molecule has 0 aromatic carbocycles. The standard InChI is InChI=1S/C12H20N2O3/c1-2-10(8-11(15)16)9-13-12(17)14-6-4-3-5-7-14/h3-4,10H,2,5-9H2,1H3,(H,13,17)(H,15,16). The summed E-state index contributed by atoms with van der Waals surface area (Å²) in [5.41, 5.74) is 0. The van der Waals surface area contributed by atoms with Crippen molar-refractivity contribution in [1.82, 2.24) is 10.2 Å². The van der Waals surface area contributed by atoms with Gasteiger partial charge in [0.05, 0.1) is 0 Å². The second-order valence-electron chi connectivity index (χ2n) is 4.26. The van der Waals surface area contributed by atoms with Gasteiger partial charge < -0.3 is 15.3 Å². The molecule has 1 aliphatic heterocycles. The Labute approximate surface area is 101 Å². The maximum absolute atomic E-state index is 11.7. The second-order valence-corrected chi connectivity index (χ2v) is 4.26. The van der Waals surface area contributed by atoms with E-state index in [1.807, 2.05) is 13.0 Å². The molecule has 0 fully saturated rings. The van der Waals surface area contributed by atoms with Gasteiger partial charge in [0.1, 0.15) is 0 Å². The van der Waals surface area contributed by atoms with Crippen LogP contribution in [0.3, 0.4) is 0 Å². The van der Waals surface area contributed by atoms with E-state index < -0.39 is 5.97 Å². The number of aliphatic carboxylic acids is 1. The molecule has 0 saturated heterocycles. The van der Waals surface area contributed by atoms with Gasteiger partial charge in [-0.25, -0.2) is 4.79 Å². The van der Waals surface area contributed by atoms with Gasteiger partial charge in [-0.1, -0.05) is 25.5 Å². The average molecular weight is 240 g/mol. The molecular formula is C12H20N2O3. The molecule has 1 atom stereocenters. The van der Waals surface area contributed by atoms with Crippen molar-refractivity contribution in [1.29, 1.82) is 0 Å². The first-order valence-corrected chi connectivity index (χ1v) is 6.03. The summed E-state index contributed by atoms with van der Waals surface area (Å²) < 4.78 is 0. The van der Waals surface area contributed by atoms with Crippen molar-refractivity contribution in [2.24, 2.45) is 5.92 Å². The van der Waals surface area contributed by atoms with E-state index in [9.17, 15) is 9.59 Å². The van der Waals surface area contributed by atoms with Gasteiger partial charge in [0.25, 0.3) is 0 Å². The fourth-order valence-electron chi connectivity index (χ4n) is 1.78. The van der Waals surface area contributed by atoms with Gasteiger partial charge >= 0.3 is 12.0 Å².